The van der Waals surface area contributed by atoms with Gasteiger partial charge >= 0.3 is 0 Å². The summed E-state index contributed by atoms with van der Waals surface area (Å²) in [6.45, 7) is 5.23. The normalized spacial score (nSPS) is 13.1. The van der Waals surface area contributed by atoms with E-state index in [4.69, 9.17) is 27.6 Å². The predicted molar refractivity (Wildman–Crippen MR) is 85.3 cm³/mol. The molecule has 0 spiro atoms. The third kappa shape index (κ3) is 3.10. The van der Waals surface area contributed by atoms with Gasteiger partial charge in [0.25, 0.3) is 0 Å². The van der Waals surface area contributed by atoms with Crippen LogP contribution in [0.3, 0.4) is 0 Å². The average molecular weight is 365 g/mol. The van der Waals surface area contributed by atoms with Gasteiger partial charge in [0.15, 0.2) is 5.58 Å². The molecule has 104 valence electrons. The Kier molecular flexibility index (Phi) is 5.18. The summed E-state index contributed by atoms with van der Waals surface area (Å²) in [7, 11) is 0. The molecular formula is C14H16BrCl2NO. The zero-order valence-electron chi connectivity index (χ0n) is 10.9. The number of hydrogen-bond acceptors (Lipinski definition) is 2. The van der Waals surface area contributed by atoms with Crippen LogP contribution in [0.1, 0.15) is 38.5 Å². The molecule has 0 fully saturated rings. The minimum absolute atomic E-state index is 0.193. The van der Waals surface area contributed by atoms with Gasteiger partial charge in [0.05, 0.1) is 16.1 Å². The monoisotopic (exact) mass is 363 g/mol. The smallest absolute Gasteiger partial charge is 0.154 e. The standard InChI is InChI=1S/C14H16BrCl2NO/c1-3-5-18-11(4-2)12-6-8-13(17)9(15)7-10(16)14(8)19-12/h6-7,11,18H,3-5H2,1-2H3. The number of halogens is 3. The summed E-state index contributed by atoms with van der Waals surface area (Å²) in [5.41, 5.74) is 0.654. The Bertz CT molecular complexity index is 582. The summed E-state index contributed by atoms with van der Waals surface area (Å²) >= 11 is 15.9. The molecule has 1 unspecified atom stereocenters. The van der Waals surface area contributed by atoms with Crippen molar-refractivity contribution < 1.29 is 4.42 Å². The highest BCUT2D eigenvalue weighted by Crippen LogP contribution is 2.39. The van der Waals surface area contributed by atoms with Crippen LogP contribution in [0.5, 0.6) is 0 Å². The average Bonchev–Trinajstić information content (AvgIpc) is 2.83. The van der Waals surface area contributed by atoms with E-state index in [0.29, 0.717) is 15.6 Å². The second-order valence-corrected chi connectivity index (χ2v) is 6.10. The first-order chi connectivity index (χ1) is 9.08. The molecule has 2 rings (SSSR count). The van der Waals surface area contributed by atoms with Crippen LogP contribution in [0.15, 0.2) is 21.0 Å². The largest absolute Gasteiger partial charge is 0.458 e. The summed E-state index contributed by atoms with van der Waals surface area (Å²) in [6.07, 6.45) is 2.04. The molecule has 1 N–H and O–H groups in total. The number of hydrogen-bond donors (Lipinski definition) is 1. The summed E-state index contributed by atoms with van der Waals surface area (Å²) in [4.78, 5) is 0. The fourth-order valence-corrected chi connectivity index (χ4v) is 3.07. The van der Waals surface area contributed by atoms with Crippen LogP contribution in [0.25, 0.3) is 11.0 Å². The van der Waals surface area contributed by atoms with Crippen molar-refractivity contribution in [3.63, 3.8) is 0 Å². The molecule has 5 heteroatoms. The SMILES string of the molecule is CCCNC(CC)c1cc2c(Cl)c(Br)cc(Cl)c2o1. The van der Waals surface area contributed by atoms with Crippen LogP contribution in [-0.4, -0.2) is 6.54 Å². The van der Waals surface area contributed by atoms with Crippen molar-refractivity contribution in [2.45, 2.75) is 32.7 Å². The fourth-order valence-electron chi connectivity index (χ4n) is 2.06. The van der Waals surface area contributed by atoms with Crippen molar-refractivity contribution in [3.8, 4) is 0 Å². The lowest BCUT2D eigenvalue weighted by molar-refractivity contribution is 0.421. The van der Waals surface area contributed by atoms with Crippen LogP contribution in [-0.2, 0) is 0 Å². The van der Waals surface area contributed by atoms with E-state index in [-0.39, 0.29) is 6.04 Å². The molecule has 1 aromatic carbocycles. The molecule has 0 radical (unpaired) electrons. The highest BCUT2D eigenvalue weighted by atomic mass is 79.9. The van der Waals surface area contributed by atoms with Gasteiger partial charge in [-0.15, -0.1) is 0 Å². The molecule has 0 saturated heterocycles. The second-order valence-electron chi connectivity index (χ2n) is 4.46. The van der Waals surface area contributed by atoms with E-state index >= 15 is 0 Å². The van der Waals surface area contributed by atoms with Crippen LogP contribution in [0, 0.1) is 0 Å². The lowest BCUT2D eigenvalue weighted by Crippen LogP contribution is -2.20. The van der Waals surface area contributed by atoms with Gasteiger partial charge in [0.1, 0.15) is 5.76 Å². The number of rotatable bonds is 5. The number of benzene rings is 1. The highest BCUT2D eigenvalue weighted by Gasteiger charge is 2.18. The predicted octanol–water partition coefficient (Wildman–Crippen LogP) is 5.95. The molecule has 2 nitrogen and oxygen atoms in total. The van der Waals surface area contributed by atoms with Gasteiger partial charge in [0.2, 0.25) is 0 Å². The summed E-state index contributed by atoms with van der Waals surface area (Å²) < 4.78 is 6.67. The second kappa shape index (κ2) is 6.49. The zero-order valence-corrected chi connectivity index (χ0v) is 14.0. The van der Waals surface area contributed by atoms with E-state index in [2.05, 4.69) is 35.1 Å². The summed E-state index contributed by atoms with van der Waals surface area (Å²) in [6, 6.07) is 3.93. The molecule has 0 bridgehead atoms. The lowest BCUT2D eigenvalue weighted by atomic mass is 10.1. The lowest BCUT2D eigenvalue weighted by Gasteiger charge is -2.13. The molecular weight excluding hydrogens is 349 g/mol. The minimum atomic E-state index is 0.193. The number of nitrogens with one attached hydrogen (secondary N) is 1. The zero-order chi connectivity index (χ0) is 14.0. The van der Waals surface area contributed by atoms with Crippen LogP contribution in [0.4, 0.5) is 0 Å². The van der Waals surface area contributed by atoms with Gasteiger partial charge in [0, 0.05) is 9.86 Å². The van der Waals surface area contributed by atoms with Gasteiger partial charge in [-0.2, -0.15) is 0 Å². The Balaban J connectivity index is 2.45. The van der Waals surface area contributed by atoms with E-state index in [1.54, 1.807) is 6.07 Å². The molecule has 0 aliphatic heterocycles. The van der Waals surface area contributed by atoms with Crippen LogP contribution < -0.4 is 5.32 Å². The van der Waals surface area contributed by atoms with E-state index in [9.17, 15) is 0 Å². The Hall–Kier alpha value is -0.220. The first-order valence-electron chi connectivity index (χ1n) is 6.38. The summed E-state index contributed by atoms with van der Waals surface area (Å²) in [5.74, 6) is 0.882. The molecule has 0 aliphatic carbocycles. The van der Waals surface area contributed by atoms with Gasteiger partial charge in [-0.25, -0.2) is 0 Å². The molecule has 0 amide bonds. The maximum absolute atomic E-state index is 6.28. The molecule has 19 heavy (non-hydrogen) atoms. The van der Waals surface area contributed by atoms with Crippen molar-refractivity contribution in [1.29, 1.82) is 0 Å². The molecule has 1 aromatic heterocycles. The van der Waals surface area contributed by atoms with Gasteiger partial charge in [-0.3, -0.25) is 0 Å². The molecule has 0 saturated carbocycles. The van der Waals surface area contributed by atoms with E-state index < -0.39 is 0 Å². The third-order valence-electron chi connectivity index (χ3n) is 3.06. The van der Waals surface area contributed by atoms with Crippen molar-refractivity contribution in [3.05, 3.63) is 32.4 Å². The van der Waals surface area contributed by atoms with Crippen molar-refractivity contribution in [1.82, 2.24) is 5.32 Å². The molecule has 1 atom stereocenters. The van der Waals surface area contributed by atoms with Crippen LogP contribution >= 0.6 is 39.1 Å². The van der Waals surface area contributed by atoms with E-state index in [1.165, 1.54) is 0 Å². The summed E-state index contributed by atoms with van der Waals surface area (Å²) in [5, 5.41) is 5.52. The number of furan rings is 1. The van der Waals surface area contributed by atoms with Gasteiger partial charge in [-0.1, -0.05) is 37.0 Å². The first-order valence-corrected chi connectivity index (χ1v) is 7.93. The van der Waals surface area contributed by atoms with Crippen molar-refractivity contribution in [2.75, 3.05) is 6.54 Å². The van der Waals surface area contributed by atoms with E-state index in [0.717, 1.165) is 35.0 Å². The first kappa shape index (κ1) is 15.2. The van der Waals surface area contributed by atoms with Crippen LogP contribution in [0.2, 0.25) is 10.0 Å². The fraction of sp³-hybridized carbons (Fsp3) is 0.429. The maximum Gasteiger partial charge on any atom is 0.154 e. The highest BCUT2D eigenvalue weighted by molar-refractivity contribution is 9.10. The van der Waals surface area contributed by atoms with Crippen molar-refractivity contribution >= 4 is 50.1 Å². The number of fused-ring (bicyclic) bond motifs is 1. The Morgan fingerprint density at radius 3 is 2.68 bits per heavy atom. The quantitative estimate of drug-likeness (QED) is 0.662. The molecule has 0 aliphatic rings. The Morgan fingerprint density at radius 2 is 2.05 bits per heavy atom. The van der Waals surface area contributed by atoms with Gasteiger partial charge < -0.3 is 9.73 Å². The minimum Gasteiger partial charge on any atom is -0.458 e. The maximum atomic E-state index is 6.28. The third-order valence-corrected chi connectivity index (χ3v) is 4.60. The Labute approximate surface area is 131 Å². The Morgan fingerprint density at radius 1 is 1.32 bits per heavy atom. The molecule has 2 aromatic rings. The topological polar surface area (TPSA) is 25.2 Å². The van der Waals surface area contributed by atoms with Gasteiger partial charge in [-0.05, 0) is 47.4 Å². The van der Waals surface area contributed by atoms with E-state index in [1.807, 2.05) is 6.07 Å². The van der Waals surface area contributed by atoms with Crippen molar-refractivity contribution in [2.24, 2.45) is 0 Å². The molecule has 1 heterocycles.